The fraction of sp³-hybridized carbons (Fsp3) is 0.300. The van der Waals surface area contributed by atoms with E-state index in [2.05, 4.69) is 0 Å². The molecular weight excluding hydrogens is 332 g/mol. The van der Waals surface area contributed by atoms with Gasteiger partial charge in [0.25, 0.3) is 5.91 Å². The summed E-state index contributed by atoms with van der Waals surface area (Å²) in [6.45, 7) is 2.02. The Hall–Kier alpha value is -2.70. The van der Waals surface area contributed by atoms with Crippen molar-refractivity contribution >= 4 is 17.6 Å². The van der Waals surface area contributed by atoms with Gasteiger partial charge < -0.3 is 9.84 Å². The van der Waals surface area contributed by atoms with Crippen molar-refractivity contribution < 1.29 is 19.4 Å². The maximum Gasteiger partial charge on any atom is 0.332 e. The lowest BCUT2D eigenvalue weighted by Crippen LogP contribution is -2.40. The Labute approximate surface area is 152 Å². The third-order valence-corrected chi connectivity index (χ3v) is 4.30. The number of imide groups is 1. The fourth-order valence-corrected chi connectivity index (χ4v) is 2.97. The van der Waals surface area contributed by atoms with Crippen LogP contribution in [0, 0.1) is 0 Å². The van der Waals surface area contributed by atoms with E-state index in [0.717, 1.165) is 10.5 Å². The average molecular weight is 354 g/mol. The molecule has 0 radical (unpaired) electrons. The van der Waals surface area contributed by atoms with Crippen LogP contribution < -0.4 is 4.90 Å². The number of ether oxygens (including phenoxy) is 1. The molecule has 2 aromatic rings. The van der Waals surface area contributed by atoms with E-state index in [-0.39, 0.29) is 19.1 Å². The van der Waals surface area contributed by atoms with Crippen LogP contribution in [0.4, 0.5) is 10.5 Å². The Morgan fingerprint density at radius 1 is 1.04 bits per heavy atom. The topological polar surface area (TPSA) is 70.1 Å². The van der Waals surface area contributed by atoms with Crippen molar-refractivity contribution in [1.82, 2.24) is 4.90 Å². The fourth-order valence-electron chi connectivity index (χ4n) is 2.97. The number of aliphatic hydroxyl groups excluding tert-OH is 1. The highest BCUT2D eigenvalue weighted by Gasteiger charge is 2.43. The number of carbonyl (C=O) groups is 2. The Kier molecular flexibility index (Phi) is 5.65. The van der Waals surface area contributed by atoms with Gasteiger partial charge >= 0.3 is 6.03 Å². The molecule has 0 bridgehead atoms. The number of anilines is 1. The van der Waals surface area contributed by atoms with Crippen molar-refractivity contribution in [2.24, 2.45) is 0 Å². The van der Waals surface area contributed by atoms with Crippen molar-refractivity contribution in [3.8, 4) is 0 Å². The summed E-state index contributed by atoms with van der Waals surface area (Å²) in [5.74, 6) is -0.319. The van der Waals surface area contributed by atoms with Crippen molar-refractivity contribution in [3.63, 3.8) is 0 Å². The summed E-state index contributed by atoms with van der Waals surface area (Å²) in [6, 6.07) is 17.6. The van der Waals surface area contributed by atoms with Crippen molar-refractivity contribution in [1.29, 1.82) is 0 Å². The third-order valence-electron chi connectivity index (χ3n) is 4.30. The van der Waals surface area contributed by atoms with Gasteiger partial charge in [0.1, 0.15) is 6.04 Å². The molecule has 1 N–H and O–H groups in total. The number of hydrogen-bond donors (Lipinski definition) is 1. The summed E-state index contributed by atoms with van der Waals surface area (Å²) >= 11 is 0. The number of nitrogens with zero attached hydrogens (tertiary/aromatic N) is 2. The highest BCUT2D eigenvalue weighted by molar-refractivity contribution is 6.14. The summed E-state index contributed by atoms with van der Waals surface area (Å²) in [4.78, 5) is 27.6. The highest BCUT2D eigenvalue weighted by Crippen LogP contribution is 2.25. The highest BCUT2D eigenvalue weighted by atomic mass is 16.5. The molecule has 1 saturated heterocycles. The van der Waals surface area contributed by atoms with Gasteiger partial charge in [-0.15, -0.1) is 0 Å². The molecule has 3 rings (SSSR count). The molecule has 2 atom stereocenters. The summed E-state index contributed by atoms with van der Waals surface area (Å²) < 4.78 is 5.49. The smallest absolute Gasteiger partial charge is 0.332 e. The Balaban J connectivity index is 1.57. The first-order chi connectivity index (χ1) is 12.6. The Morgan fingerprint density at radius 3 is 2.31 bits per heavy atom. The van der Waals surface area contributed by atoms with E-state index >= 15 is 0 Å². The van der Waals surface area contributed by atoms with Crippen LogP contribution in [0.3, 0.4) is 0 Å². The van der Waals surface area contributed by atoms with E-state index in [4.69, 9.17) is 4.74 Å². The number of aliphatic hydroxyl groups is 1. The van der Waals surface area contributed by atoms with Crippen molar-refractivity contribution in [2.45, 2.75) is 25.7 Å². The van der Waals surface area contributed by atoms with Crippen LogP contribution in [0.5, 0.6) is 0 Å². The van der Waals surface area contributed by atoms with Crippen LogP contribution in [0.25, 0.3) is 0 Å². The predicted octanol–water partition coefficient (Wildman–Crippen LogP) is 2.42. The molecule has 2 aromatic carbocycles. The van der Waals surface area contributed by atoms with Crippen LogP contribution in [-0.2, 0) is 16.1 Å². The molecule has 6 heteroatoms. The lowest BCUT2D eigenvalue weighted by molar-refractivity contribution is -0.128. The zero-order valence-corrected chi connectivity index (χ0v) is 14.6. The van der Waals surface area contributed by atoms with Gasteiger partial charge in [0.15, 0.2) is 0 Å². The summed E-state index contributed by atoms with van der Waals surface area (Å²) in [7, 11) is 0. The quantitative estimate of drug-likeness (QED) is 0.775. The first-order valence-corrected chi connectivity index (χ1v) is 8.57. The molecule has 1 heterocycles. The number of urea groups is 1. The van der Waals surface area contributed by atoms with Crippen molar-refractivity contribution in [3.05, 3.63) is 66.2 Å². The summed E-state index contributed by atoms with van der Waals surface area (Å²) in [5.41, 5.74) is 1.66. The second-order valence-electron chi connectivity index (χ2n) is 6.27. The number of rotatable bonds is 7. The van der Waals surface area contributed by atoms with Gasteiger partial charge in [-0.25, -0.2) is 4.79 Å². The Bertz CT molecular complexity index is 751. The van der Waals surface area contributed by atoms with Crippen LogP contribution in [0.2, 0.25) is 0 Å². The monoisotopic (exact) mass is 354 g/mol. The van der Waals surface area contributed by atoms with Crippen LogP contribution in [0.1, 0.15) is 12.5 Å². The molecule has 26 heavy (non-hydrogen) atoms. The normalized spacial score (nSPS) is 18.5. The minimum atomic E-state index is -0.936. The Morgan fingerprint density at radius 2 is 1.65 bits per heavy atom. The predicted molar refractivity (Wildman–Crippen MR) is 97.6 cm³/mol. The van der Waals surface area contributed by atoms with Crippen molar-refractivity contribution in [2.75, 3.05) is 18.1 Å². The zero-order valence-electron chi connectivity index (χ0n) is 14.6. The van der Waals surface area contributed by atoms with Gasteiger partial charge in [-0.2, -0.15) is 0 Å². The largest absolute Gasteiger partial charge is 0.389 e. The van der Waals surface area contributed by atoms with E-state index in [9.17, 15) is 14.7 Å². The summed E-state index contributed by atoms with van der Waals surface area (Å²) in [5, 5.41) is 10.2. The molecule has 6 nitrogen and oxygen atoms in total. The van der Waals surface area contributed by atoms with Gasteiger partial charge in [-0.1, -0.05) is 48.5 Å². The second-order valence-corrected chi connectivity index (χ2v) is 6.27. The molecule has 1 aliphatic heterocycles. The van der Waals surface area contributed by atoms with E-state index in [1.165, 1.54) is 4.90 Å². The zero-order chi connectivity index (χ0) is 18.5. The molecule has 0 spiro atoms. The van der Waals surface area contributed by atoms with Crippen LogP contribution in [-0.4, -0.2) is 47.2 Å². The number of hydrogen-bond acceptors (Lipinski definition) is 4. The molecule has 1 aliphatic rings. The number of amides is 3. The maximum absolute atomic E-state index is 12.6. The molecule has 2 unspecified atom stereocenters. The number of para-hydroxylation sites is 1. The standard InChI is InChI=1S/C20H22N2O4/c1-15-19(24)21(20(25)22(15)17-10-6-3-7-11-17)12-18(23)14-26-13-16-8-4-2-5-9-16/h2-11,15,18,23H,12-14H2,1H3. The molecule has 0 aliphatic carbocycles. The molecule has 136 valence electrons. The molecule has 3 amide bonds. The first-order valence-electron chi connectivity index (χ1n) is 8.57. The van der Waals surface area contributed by atoms with Gasteiger partial charge in [-0.3, -0.25) is 14.6 Å². The number of benzene rings is 2. The minimum absolute atomic E-state index is 0.0473. The second kappa shape index (κ2) is 8.12. The van der Waals surface area contributed by atoms with Crippen LogP contribution >= 0.6 is 0 Å². The molecule has 0 saturated carbocycles. The van der Waals surface area contributed by atoms with Gasteiger partial charge in [-0.05, 0) is 24.6 Å². The molecule has 0 aromatic heterocycles. The number of β-amino-alcohol motifs (C(OH)–C–C–N with tert-alkyl or cyclic N) is 1. The lowest BCUT2D eigenvalue weighted by Gasteiger charge is -2.20. The van der Waals surface area contributed by atoms with Gasteiger partial charge in [0.2, 0.25) is 0 Å². The maximum atomic E-state index is 12.6. The summed E-state index contributed by atoms with van der Waals surface area (Å²) in [6.07, 6.45) is -0.936. The van der Waals surface area contributed by atoms with E-state index in [0.29, 0.717) is 12.3 Å². The van der Waals surface area contributed by atoms with E-state index in [1.54, 1.807) is 19.1 Å². The minimum Gasteiger partial charge on any atom is -0.389 e. The molecular formula is C20H22N2O4. The molecule has 1 fully saturated rings. The SMILES string of the molecule is CC1C(=O)N(CC(O)COCc2ccccc2)C(=O)N1c1ccccc1. The third kappa shape index (κ3) is 3.92. The average Bonchev–Trinajstić information content (AvgIpc) is 2.87. The van der Waals surface area contributed by atoms with Gasteiger partial charge in [0, 0.05) is 5.69 Å². The first kappa shape index (κ1) is 18.1. The van der Waals surface area contributed by atoms with E-state index in [1.807, 2.05) is 48.5 Å². The van der Waals surface area contributed by atoms with E-state index < -0.39 is 18.2 Å². The lowest BCUT2D eigenvalue weighted by atomic mass is 10.2. The number of carbonyl (C=O) groups excluding carboxylic acids is 2. The van der Waals surface area contributed by atoms with Crippen LogP contribution in [0.15, 0.2) is 60.7 Å². The van der Waals surface area contributed by atoms with Gasteiger partial charge in [0.05, 0.1) is 25.9 Å².